The summed E-state index contributed by atoms with van der Waals surface area (Å²) in [5.74, 6) is -0.117. The fourth-order valence-corrected chi connectivity index (χ4v) is 1.98. The zero-order chi connectivity index (χ0) is 10.4. The maximum Gasteiger partial charge on any atom is 0.305 e. The predicted molar refractivity (Wildman–Crippen MR) is 54.9 cm³/mol. The first-order valence-electron chi connectivity index (χ1n) is 5.29. The quantitative estimate of drug-likeness (QED) is 0.651. The van der Waals surface area contributed by atoms with E-state index in [0.29, 0.717) is 12.5 Å². The van der Waals surface area contributed by atoms with Gasteiger partial charge in [-0.2, -0.15) is 0 Å². The monoisotopic (exact) mass is 200 g/mol. The van der Waals surface area contributed by atoms with Crippen LogP contribution in [0.3, 0.4) is 0 Å². The van der Waals surface area contributed by atoms with Gasteiger partial charge in [-0.1, -0.05) is 0 Å². The van der Waals surface area contributed by atoms with Crippen LogP contribution in [0.15, 0.2) is 0 Å². The van der Waals surface area contributed by atoms with E-state index < -0.39 is 0 Å². The Morgan fingerprint density at radius 3 is 3.07 bits per heavy atom. The SMILES string of the molecule is COC(=O)CCCN1CCCC1CN. The number of hydrogen-bond donors (Lipinski definition) is 1. The molecule has 14 heavy (non-hydrogen) atoms. The number of ether oxygens (including phenoxy) is 1. The van der Waals surface area contributed by atoms with Gasteiger partial charge >= 0.3 is 5.97 Å². The van der Waals surface area contributed by atoms with Crippen molar-refractivity contribution < 1.29 is 9.53 Å². The molecular weight excluding hydrogens is 180 g/mol. The summed E-state index contributed by atoms with van der Waals surface area (Å²) in [5.41, 5.74) is 5.65. The molecule has 0 saturated carbocycles. The van der Waals surface area contributed by atoms with E-state index in [1.54, 1.807) is 0 Å². The van der Waals surface area contributed by atoms with E-state index in [-0.39, 0.29) is 5.97 Å². The first-order valence-corrected chi connectivity index (χ1v) is 5.29. The zero-order valence-corrected chi connectivity index (χ0v) is 8.87. The Morgan fingerprint density at radius 2 is 2.43 bits per heavy atom. The lowest BCUT2D eigenvalue weighted by atomic mass is 10.2. The minimum atomic E-state index is -0.117. The molecule has 1 rings (SSSR count). The van der Waals surface area contributed by atoms with Gasteiger partial charge in [0.2, 0.25) is 0 Å². The van der Waals surface area contributed by atoms with Crippen molar-refractivity contribution in [3.05, 3.63) is 0 Å². The van der Waals surface area contributed by atoms with Gasteiger partial charge in [-0.25, -0.2) is 0 Å². The highest BCUT2D eigenvalue weighted by atomic mass is 16.5. The van der Waals surface area contributed by atoms with Crippen LogP contribution in [-0.4, -0.2) is 43.7 Å². The molecular formula is C10H20N2O2. The van der Waals surface area contributed by atoms with Crippen molar-refractivity contribution in [2.24, 2.45) is 5.73 Å². The number of hydrogen-bond acceptors (Lipinski definition) is 4. The highest BCUT2D eigenvalue weighted by Gasteiger charge is 2.22. The number of nitrogens with zero attached hydrogens (tertiary/aromatic N) is 1. The van der Waals surface area contributed by atoms with Gasteiger partial charge in [0.1, 0.15) is 0 Å². The molecule has 0 spiro atoms. The topological polar surface area (TPSA) is 55.6 Å². The number of esters is 1. The van der Waals surface area contributed by atoms with E-state index in [9.17, 15) is 4.79 Å². The van der Waals surface area contributed by atoms with E-state index in [1.165, 1.54) is 20.0 Å². The fourth-order valence-electron chi connectivity index (χ4n) is 1.98. The van der Waals surface area contributed by atoms with E-state index in [1.807, 2.05) is 0 Å². The van der Waals surface area contributed by atoms with E-state index in [4.69, 9.17) is 5.73 Å². The van der Waals surface area contributed by atoms with Crippen molar-refractivity contribution in [2.45, 2.75) is 31.7 Å². The van der Waals surface area contributed by atoms with Crippen LogP contribution in [0.5, 0.6) is 0 Å². The van der Waals surface area contributed by atoms with Crippen LogP contribution in [0.25, 0.3) is 0 Å². The summed E-state index contributed by atoms with van der Waals surface area (Å²) < 4.78 is 4.59. The smallest absolute Gasteiger partial charge is 0.305 e. The Morgan fingerprint density at radius 1 is 1.64 bits per heavy atom. The molecule has 0 aromatic rings. The maximum atomic E-state index is 10.9. The molecule has 1 aliphatic rings. The number of carbonyl (C=O) groups excluding carboxylic acids is 1. The highest BCUT2D eigenvalue weighted by molar-refractivity contribution is 5.69. The molecule has 2 N–H and O–H groups in total. The Hall–Kier alpha value is -0.610. The number of nitrogens with two attached hydrogens (primary N) is 1. The van der Waals surface area contributed by atoms with Crippen molar-refractivity contribution in [3.8, 4) is 0 Å². The number of rotatable bonds is 5. The van der Waals surface area contributed by atoms with Crippen LogP contribution < -0.4 is 5.73 Å². The van der Waals surface area contributed by atoms with Gasteiger partial charge < -0.3 is 10.5 Å². The third kappa shape index (κ3) is 3.27. The van der Waals surface area contributed by atoms with E-state index >= 15 is 0 Å². The molecule has 0 aromatic heterocycles. The van der Waals surface area contributed by atoms with Gasteiger partial charge in [-0.15, -0.1) is 0 Å². The fraction of sp³-hybridized carbons (Fsp3) is 0.900. The lowest BCUT2D eigenvalue weighted by Gasteiger charge is -2.22. The number of carbonyl (C=O) groups is 1. The lowest BCUT2D eigenvalue weighted by molar-refractivity contribution is -0.140. The molecule has 0 amide bonds. The van der Waals surface area contributed by atoms with Crippen molar-refractivity contribution in [2.75, 3.05) is 26.7 Å². The van der Waals surface area contributed by atoms with Crippen molar-refractivity contribution in [1.82, 2.24) is 4.90 Å². The third-order valence-corrected chi connectivity index (χ3v) is 2.83. The zero-order valence-electron chi connectivity index (χ0n) is 8.87. The second-order valence-corrected chi connectivity index (χ2v) is 3.75. The summed E-state index contributed by atoms with van der Waals surface area (Å²) in [6.45, 7) is 2.83. The maximum absolute atomic E-state index is 10.9. The first-order chi connectivity index (χ1) is 6.77. The van der Waals surface area contributed by atoms with Gasteiger partial charge in [0.05, 0.1) is 7.11 Å². The largest absolute Gasteiger partial charge is 0.469 e. The number of methoxy groups -OCH3 is 1. The van der Waals surface area contributed by atoms with Gasteiger partial charge in [-0.05, 0) is 32.4 Å². The van der Waals surface area contributed by atoms with Gasteiger partial charge in [-0.3, -0.25) is 9.69 Å². The van der Waals surface area contributed by atoms with Crippen LogP contribution in [0, 0.1) is 0 Å². The van der Waals surface area contributed by atoms with E-state index in [0.717, 1.165) is 26.1 Å². The van der Waals surface area contributed by atoms with Crippen LogP contribution in [0.1, 0.15) is 25.7 Å². The average Bonchev–Trinajstić information content (AvgIpc) is 2.65. The van der Waals surface area contributed by atoms with Crippen LogP contribution >= 0.6 is 0 Å². The summed E-state index contributed by atoms with van der Waals surface area (Å²) in [4.78, 5) is 13.2. The minimum absolute atomic E-state index is 0.117. The minimum Gasteiger partial charge on any atom is -0.469 e. The van der Waals surface area contributed by atoms with Gasteiger partial charge in [0.25, 0.3) is 0 Å². The summed E-state index contributed by atoms with van der Waals surface area (Å²) in [6, 6.07) is 0.535. The third-order valence-electron chi connectivity index (χ3n) is 2.83. The van der Waals surface area contributed by atoms with Crippen LogP contribution in [0.4, 0.5) is 0 Å². The van der Waals surface area contributed by atoms with Gasteiger partial charge in [0, 0.05) is 19.0 Å². The molecule has 1 heterocycles. The standard InChI is InChI=1S/C10H20N2O2/c1-14-10(13)5-3-7-12-6-2-4-9(12)8-11/h9H,2-8,11H2,1H3. The predicted octanol–water partition coefficient (Wildman–Crippen LogP) is 0.363. The molecule has 1 saturated heterocycles. The molecule has 4 nitrogen and oxygen atoms in total. The lowest BCUT2D eigenvalue weighted by Crippen LogP contribution is -2.36. The highest BCUT2D eigenvalue weighted by Crippen LogP contribution is 2.16. The Bertz CT molecular complexity index is 185. The van der Waals surface area contributed by atoms with Crippen molar-refractivity contribution >= 4 is 5.97 Å². The molecule has 4 heteroatoms. The number of likely N-dealkylation sites (tertiary alicyclic amines) is 1. The molecule has 1 atom stereocenters. The second kappa shape index (κ2) is 5.98. The summed E-state index contributed by atoms with van der Waals surface area (Å²) in [7, 11) is 1.43. The van der Waals surface area contributed by atoms with Gasteiger partial charge in [0.15, 0.2) is 0 Å². The van der Waals surface area contributed by atoms with E-state index in [2.05, 4.69) is 9.64 Å². The molecule has 1 unspecified atom stereocenters. The Kier molecular flexibility index (Phi) is 4.90. The molecule has 1 fully saturated rings. The first kappa shape index (κ1) is 11.5. The summed E-state index contributed by atoms with van der Waals surface area (Å²) in [6.07, 6.45) is 3.84. The average molecular weight is 200 g/mol. The molecule has 0 bridgehead atoms. The normalized spacial score (nSPS) is 22.6. The Balaban J connectivity index is 2.14. The summed E-state index contributed by atoms with van der Waals surface area (Å²) >= 11 is 0. The van der Waals surface area contributed by atoms with Crippen LogP contribution in [0.2, 0.25) is 0 Å². The molecule has 0 aromatic carbocycles. The van der Waals surface area contributed by atoms with Crippen molar-refractivity contribution in [3.63, 3.8) is 0 Å². The second-order valence-electron chi connectivity index (χ2n) is 3.75. The molecule has 82 valence electrons. The molecule has 1 aliphatic heterocycles. The van der Waals surface area contributed by atoms with Crippen LogP contribution in [-0.2, 0) is 9.53 Å². The molecule has 0 aliphatic carbocycles. The Labute approximate surface area is 85.4 Å². The van der Waals surface area contributed by atoms with Crippen molar-refractivity contribution in [1.29, 1.82) is 0 Å². The molecule has 0 radical (unpaired) electrons. The summed E-state index contributed by atoms with van der Waals surface area (Å²) in [5, 5.41) is 0.